The Kier molecular flexibility index (Phi) is 4.65. The van der Waals surface area contributed by atoms with E-state index in [-0.39, 0.29) is 11.6 Å². The number of hydrogen-bond acceptors (Lipinski definition) is 7. The van der Waals surface area contributed by atoms with Gasteiger partial charge in [0.05, 0.1) is 21.3 Å². The van der Waals surface area contributed by atoms with E-state index >= 15 is 0 Å². The summed E-state index contributed by atoms with van der Waals surface area (Å²) in [6, 6.07) is 8.65. The molecular weight excluding hydrogens is 324 g/mol. The van der Waals surface area contributed by atoms with Gasteiger partial charge in [-0.3, -0.25) is 4.98 Å². The van der Waals surface area contributed by atoms with E-state index in [4.69, 9.17) is 18.9 Å². The van der Waals surface area contributed by atoms with Crippen LogP contribution < -0.4 is 14.2 Å². The van der Waals surface area contributed by atoms with Gasteiger partial charge in [0.2, 0.25) is 5.90 Å². The van der Waals surface area contributed by atoms with Crippen molar-refractivity contribution in [2.75, 3.05) is 21.3 Å². The zero-order valence-electron chi connectivity index (χ0n) is 14.0. The third kappa shape index (κ3) is 3.30. The number of pyridine rings is 1. The average Bonchev–Trinajstić information content (AvgIpc) is 3.02. The molecule has 25 heavy (non-hydrogen) atoms. The summed E-state index contributed by atoms with van der Waals surface area (Å²) < 4.78 is 21.1. The van der Waals surface area contributed by atoms with E-state index in [0.717, 1.165) is 0 Å². The molecule has 2 aromatic rings. The minimum Gasteiger partial charge on any atom is -0.496 e. The largest absolute Gasteiger partial charge is 0.496 e. The summed E-state index contributed by atoms with van der Waals surface area (Å²) in [5.41, 5.74) is 1.24. The van der Waals surface area contributed by atoms with Crippen LogP contribution in [0.25, 0.3) is 6.08 Å². The van der Waals surface area contributed by atoms with Crippen molar-refractivity contribution < 1.29 is 23.7 Å². The second kappa shape index (κ2) is 7.04. The number of carbonyl (C=O) groups is 1. The van der Waals surface area contributed by atoms with Crippen molar-refractivity contribution in [1.29, 1.82) is 0 Å². The molecule has 0 saturated heterocycles. The van der Waals surface area contributed by atoms with E-state index in [0.29, 0.717) is 28.5 Å². The summed E-state index contributed by atoms with van der Waals surface area (Å²) in [6.45, 7) is 0. The van der Waals surface area contributed by atoms with Gasteiger partial charge in [0, 0.05) is 17.8 Å². The van der Waals surface area contributed by atoms with Gasteiger partial charge in [-0.25, -0.2) is 9.79 Å². The summed E-state index contributed by atoms with van der Waals surface area (Å²) >= 11 is 0. The molecule has 1 aliphatic heterocycles. The van der Waals surface area contributed by atoms with Gasteiger partial charge in [0.25, 0.3) is 0 Å². The number of hydrogen-bond donors (Lipinski definition) is 0. The number of carbonyl (C=O) groups excluding carboxylic acids is 1. The predicted molar refractivity (Wildman–Crippen MR) is 90.9 cm³/mol. The highest BCUT2D eigenvalue weighted by Gasteiger charge is 2.25. The number of benzene rings is 1. The van der Waals surface area contributed by atoms with Crippen molar-refractivity contribution in [3.63, 3.8) is 0 Å². The Balaban J connectivity index is 2.02. The first kappa shape index (κ1) is 16.5. The monoisotopic (exact) mass is 340 g/mol. The van der Waals surface area contributed by atoms with Gasteiger partial charge >= 0.3 is 5.97 Å². The molecule has 0 N–H and O–H groups in total. The van der Waals surface area contributed by atoms with Gasteiger partial charge < -0.3 is 18.9 Å². The molecular formula is C18H16N2O5. The molecule has 0 radical (unpaired) electrons. The standard InChI is InChI=1S/C18H16N2O5/c1-22-14-10-16(24-3)15(23-2)9-11(14)8-13-18(21)25-17(20-13)12-6-4-5-7-19-12/h4-10H,1-3H3/b13-8-. The van der Waals surface area contributed by atoms with Crippen LogP contribution in [0.5, 0.6) is 17.2 Å². The second-order valence-corrected chi connectivity index (χ2v) is 5.00. The summed E-state index contributed by atoms with van der Waals surface area (Å²) in [7, 11) is 4.59. The maximum absolute atomic E-state index is 12.1. The van der Waals surface area contributed by atoms with Crippen molar-refractivity contribution in [3.05, 3.63) is 53.5 Å². The Bertz CT molecular complexity index is 859. The molecule has 0 unspecified atom stereocenters. The number of cyclic esters (lactones) is 1. The highest BCUT2D eigenvalue weighted by atomic mass is 16.6. The minimum absolute atomic E-state index is 0.145. The van der Waals surface area contributed by atoms with Gasteiger partial charge in [-0.1, -0.05) is 6.07 Å². The molecule has 0 atom stereocenters. The molecule has 1 aromatic carbocycles. The van der Waals surface area contributed by atoms with E-state index < -0.39 is 5.97 Å². The van der Waals surface area contributed by atoms with Gasteiger partial charge in [-0.2, -0.15) is 0 Å². The number of ether oxygens (including phenoxy) is 4. The third-order valence-electron chi connectivity index (χ3n) is 3.53. The van der Waals surface area contributed by atoms with Crippen molar-refractivity contribution in [3.8, 4) is 17.2 Å². The summed E-state index contributed by atoms with van der Waals surface area (Å²) in [5.74, 6) is 1.15. The Morgan fingerprint density at radius 1 is 1.00 bits per heavy atom. The van der Waals surface area contributed by atoms with Gasteiger partial charge in [0.1, 0.15) is 11.4 Å². The zero-order chi connectivity index (χ0) is 17.8. The molecule has 0 amide bonds. The number of nitrogens with zero attached hydrogens (tertiary/aromatic N) is 2. The Morgan fingerprint density at radius 2 is 1.72 bits per heavy atom. The smallest absolute Gasteiger partial charge is 0.363 e. The van der Waals surface area contributed by atoms with Crippen LogP contribution in [0.1, 0.15) is 11.3 Å². The number of aromatic nitrogens is 1. The topological polar surface area (TPSA) is 79.2 Å². The van der Waals surface area contributed by atoms with Crippen LogP contribution in [0.2, 0.25) is 0 Å². The molecule has 0 bridgehead atoms. The van der Waals surface area contributed by atoms with Crippen molar-refractivity contribution in [2.45, 2.75) is 0 Å². The number of rotatable bonds is 5. The maximum atomic E-state index is 12.1. The molecule has 7 nitrogen and oxygen atoms in total. The molecule has 0 aliphatic carbocycles. The first-order valence-corrected chi connectivity index (χ1v) is 7.40. The Hall–Kier alpha value is -3.35. The van der Waals surface area contributed by atoms with Crippen molar-refractivity contribution in [1.82, 2.24) is 4.98 Å². The fourth-order valence-corrected chi connectivity index (χ4v) is 2.32. The van der Waals surface area contributed by atoms with Gasteiger partial charge in [-0.05, 0) is 24.3 Å². The fourth-order valence-electron chi connectivity index (χ4n) is 2.32. The molecule has 1 aliphatic rings. The highest BCUT2D eigenvalue weighted by molar-refractivity contribution is 6.12. The SMILES string of the molecule is COc1cc(OC)c(OC)cc1/C=C1\N=C(c2ccccn2)OC1=O. The quantitative estimate of drug-likeness (QED) is 0.614. The van der Waals surface area contributed by atoms with Crippen molar-refractivity contribution in [2.24, 2.45) is 4.99 Å². The lowest BCUT2D eigenvalue weighted by molar-refractivity contribution is -0.129. The van der Waals surface area contributed by atoms with E-state index in [1.165, 1.54) is 21.3 Å². The predicted octanol–water partition coefficient (Wildman–Crippen LogP) is 2.45. The lowest BCUT2D eigenvalue weighted by Crippen LogP contribution is -2.06. The maximum Gasteiger partial charge on any atom is 0.363 e. The Morgan fingerprint density at radius 3 is 2.36 bits per heavy atom. The molecule has 1 aromatic heterocycles. The molecule has 0 fully saturated rings. The fraction of sp³-hybridized carbons (Fsp3) is 0.167. The number of aliphatic imine (C=N–C) groups is 1. The zero-order valence-corrected chi connectivity index (χ0v) is 14.0. The van der Waals surface area contributed by atoms with Crippen LogP contribution in [0.4, 0.5) is 0 Å². The molecule has 2 heterocycles. The molecule has 0 spiro atoms. The summed E-state index contributed by atoms with van der Waals surface area (Å²) in [5, 5.41) is 0. The molecule has 0 saturated carbocycles. The Labute approximate surface area is 144 Å². The summed E-state index contributed by atoms with van der Waals surface area (Å²) in [6.07, 6.45) is 3.17. The number of esters is 1. The average molecular weight is 340 g/mol. The number of methoxy groups -OCH3 is 3. The lowest BCUT2D eigenvalue weighted by Gasteiger charge is -2.12. The molecule has 3 rings (SSSR count). The van der Waals surface area contributed by atoms with Crippen LogP contribution in [-0.2, 0) is 9.53 Å². The third-order valence-corrected chi connectivity index (χ3v) is 3.53. The van der Waals surface area contributed by atoms with Crippen LogP contribution >= 0.6 is 0 Å². The van der Waals surface area contributed by atoms with Crippen LogP contribution in [0, 0.1) is 0 Å². The molecule has 7 heteroatoms. The van der Waals surface area contributed by atoms with Gasteiger partial charge in [-0.15, -0.1) is 0 Å². The lowest BCUT2D eigenvalue weighted by atomic mass is 10.1. The summed E-state index contributed by atoms with van der Waals surface area (Å²) in [4.78, 5) is 20.5. The minimum atomic E-state index is -0.558. The van der Waals surface area contributed by atoms with Crippen molar-refractivity contribution >= 4 is 17.9 Å². The van der Waals surface area contributed by atoms with E-state index in [1.807, 2.05) is 0 Å². The first-order chi connectivity index (χ1) is 12.2. The van der Waals surface area contributed by atoms with E-state index in [9.17, 15) is 4.79 Å². The highest BCUT2D eigenvalue weighted by Crippen LogP contribution is 2.36. The normalized spacial score (nSPS) is 14.9. The van der Waals surface area contributed by atoms with E-state index in [2.05, 4.69) is 9.98 Å². The first-order valence-electron chi connectivity index (χ1n) is 7.40. The van der Waals surface area contributed by atoms with Crippen LogP contribution in [0.15, 0.2) is 47.2 Å². The molecule has 128 valence electrons. The van der Waals surface area contributed by atoms with Crippen LogP contribution in [0.3, 0.4) is 0 Å². The van der Waals surface area contributed by atoms with Gasteiger partial charge in [0.15, 0.2) is 17.2 Å². The van der Waals surface area contributed by atoms with Crippen LogP contribution in [-0.4, -0.2) is 38.2 Å². The van der Waals surface area contributed by atoms with E-state index in [1.54, 1.807) is 42.6 Å². The second-order valence-electron chi connectivity index (χ2n) is 5.00.